The smallest absolute Gasteiger partial charge is 0.247 e. The van der Waals surface area contributed by atoms with Crippen LogP contribution >= 0.6 is 23.2 Å². The van der Waals surface area contributed by atoms with Gasteiger partial charge >= 0.3 is 0 Å². The molecule has 1 aromatic rings. The summed E-state index contributed by atoms with van der Waals surface area (Å²) in [6.45, 7) is 4.35. The van der Waals surface area contributed by atoms with Crippen LogP contribution in [0.1, 0.15) is 26.2 Å². The molecular weight excluding hydrogens is 361 g/mol. The Labute approximate surface area is 158 Å². The Bertz CT molecular complexity index is 664. The van der Waals surface area contributed by atoms with Crippen molar-refractivity contribution in [3.8, 4) is 0 Å². The second kappa shape index (κ2) is 7.94. The van der Waals surface area contributed by atoms with Gasteiger partial charge in [0.1, 0.15) is 6.04 Å². The predicted molar refractivity (Wildman–Crippen MR) is 100.0 cm³/mol. The predicted octanol–water partition coefficient (Wildman–Crippen LogP) is 3.17. The molecule has 25 heavy (non-hydrogen) atoms. The molecule has 2 heterocycles. The van der Waals surface area contributed by atoms with E-state index in [1.807, 2.05) is 6.92 Å². The first-order valence-corrected chi connectivity index (χ1v) is 9.50. The van der Waals surface area contributed by atoms with Crippen LogP contribution in [0.4, 0.5) is 5.69 Å². The number of hydrogen-bond acceptors (Lipinski definition) is 3. The lowest BCUT2D eigenvalue weighted by Crippen LogP contribution is -2.55. The number of rotatable bonds is 4. The molecule has 2 fully saturated rings. The Balaban J connectivity index is 1.71. The van der Waals surface area contributed by atoms with Gasteiger partial charge in [-0.15, -0.1) is 0 Å². The Hall–Kier alpha value is -1.30. The van der Waals surface area contributed by atoms with Crippen molar-refractivity contribution in [3.05, 3.63) is 28.2 Å². The lowest BCUT2D eigenvalue weighted by molar-refractivity contribution is -0.145. The van der Waals surface area contributed by atoms with Gasteiger partial charge in [-0.2, -0.15) is 0 Å². The van der Waals surface area contributed by atoms with Crippen molar-refractivity contribution in [2.24, 2.45) is 11.8 Å². The Morgan fingerprint density at radius 1 is 1.28 bits per heavy atom. The first kappa shape index (κ1) is 18.5. The maximum Gasteiger partial charge on any atom is 0.247 e. The molecule has 0 aliphatic carbocycles. The molecule has 0 bridgehead atoms. The molecule has 1 aromatic carbocycles. The normalized spacial score (nSPS) is 22.2. The number of piperidine rings is 1. The summed E-state index contributed by atoms with van der Waals surface area (Å²) in [6.07, 6.45) is 2.56. The molecule has 2 atom stereocenters. The van der Waals surface area contributed by atoms with E-state index in [1.54, 1.807) is 23.1 Å². The van der Waals surface area contributed by atoms with Gasteiger partial charge in [0.15, 0.2) is 0 Å². The van der Waals surface area contributed by atoms with E-state index in [2.05, 4.69) is 10.6 Å². The minimum atomic E-state index is -0.441. The van der Waals surface area contributed by atoms with Crippen molar-refractivity contribution >= 4 is 40.7 Å². The lowest BCUT2D eigenvalue weighted by Gasteiger charge is -2.40. The van der Waals surface area contributed by atoms with Crippen LogP contribution in [0.25, 0.3) is 0 Å². The number of hydrogen-bond donors (Lipinski definition) is 2. The number of nitrogens with zero attached hydrogens (tertiary/aromatic N) is 1. The molecule has 7 heteroatoms. The molecule has 0 spiro atoms. The Morgan fingerprint density at radius 3 is 2.68 bits per heavy atom. The second-order valence-electron chi connectivity index (χ2n) is 6.86. The molecular formula is C18H23Cl2N3O2. The minimum Gasteiger partial charge on any atom is -0.330 e. The third kappa shape index (κ3) is 4.10. The molecule has 2 N–H and O–H groups in total. The fourth-order valence-corrected chi connectivity index (χ4v) is 3.86. The lowest BCUT2D eigenvalue weighted by atomic mass is 9.86. The molecule has 2 aliphatic heterocycles. The van der Waals surface area contributed by atoms with Gasteiger partial charge in [0.2, 0.25) is 11.8 Å². The van der Waals surface area contributed by atoms with Crippen LogP contribution in [-0.2, 0) is 9.59 Å². The summed E-state index contributed by atoms with van der Waals surface area (Å²) in [6, 6.07) is 4.51. The highest BCUT2D eigenvalue weighted by molar-refractivity contribution is 6.36. The maximum atomic E-state index is 12.9. The van der Waals surface area contributed by atoms with E-state index in [4.69, 9.17) is 23.2 Å². The standard InChI is InChI=1S/C18H23Cl2N3O2/c1-11(12-9-21-10-12)18(25)23-7-3-2-4-16(23)17(24)22-15-6-5-13(19)8-14(15)20/h5-6,8,11-12,16,21H,2-4,7,9-10H2,1H3,(H,22,24). The molecule has 0 radical (unpaired) electrons. The quantitative estimate of drug-likeness (QED) is 0.839. The highest BCUT2D eigenvalue weighted by Crippen LogP contribution is 2.28. The number of carbonyl (C=O) groups excluding carboxylic acids is 2. The van der Waals surface area contributed by atoms with Gasteiger partial charge < -0.3 is 15.5 Å². The zero-order valence-electron chi connectivity index (χ0n) is 14.2. The van der Waals surface area contributed by atoms with Crippen molar-refractivity contribution in [2.75, 3.05) is 25.0 Å². The molecule has 3 rings (SSSR count). The molecule has 2 unspecified atom stereocenters. The van der Waals surface area contributed by atoms with Crippen LogP contribution in [0.15, 0.2) is 18.2 Å². The maximum absolute atomic E-state index is 12.9. The van der Waals surface area contributed by atoms with E-state index >= 15 is 0 Å². The summed E-state index contributed by atoms with van der Waals surface area (Å²) >= 11 is 12.0. The van der Waals surface area contributed by atoms with Crippen LogP contribution in [0.2, 0.25) is 10.0 Å². The Kier molecular flexibility index (Phi) is 5.87. The van der Waals surface area contributed by atoms with Gasteiger partial charge in [-0.25, -0.2) is 0 Å². The zero-order chi connectivity index (χ0) is 18.0. The molecule has 2 saturated heterocycles. The number of benzene rings is 1. The fraction of sp³-hybridized carbons (Fsp3) is 0.556. The van der Waals surface area contributed by atoms with Crippen LogP contribution in [-0.4, -0.2) is 42.4 Å². The van der Waals surface area contributed by atoms with Crippen molar-refractivity contribution < 1.29 is 9.59 Å². The fourth-order valence-electron chi connectivity index (χ4n) is 3.40. The van der Waals surface area contributed by atoms with E-state index in [1.165, 1.54) is 0 Å². The molecule has 0 saturated carbocycles. The van der Waals surface area contributed by atoms with Crippen LogP contribution < -0.4 is 10.6 Å². The number of carbonyl (C=O) groups is 2. The van der Waals surface area contributed by atoms with Crippen molar-refractivity contribution in [2.45, 2.75) is 32.2 Å². The van der Waals surface area contributed by atoms with Crippen LogP contribution in [0.5, 0.6) is 0 Å². The minimum absolute atomic E-state index is 0.0613. The number of amides is 2. The van der Waals surface area contributed by atoms with Gasteiger partial charge in [0.25, 0.3) is 0 Å². The summed E-state index contributed by atoms with van der Waals surface area (Å²) in [5.74, 6) is 0.197. The summed E-state index contributed by atoms with van der Waals surface area (Å²) in [5, 5.41) is 6.96. The second-order valence-corrected chi connectivity index (χ2v) is 7.71. The van der Waals surface area contributed by atoms with Crippen LogP contribution in [0, 0.1) is 11.8 Å². The van der Waals surface area contributed by atoms with Gasteiger partial charge in [-0.05, 0) is 56.5 Å². The largest absolute Gasteiger partial charge is 0.330 e. The van der Waals surface area contributed by atoms with E-state index in [-0.39, 0.29) is 17.7 Å². The van der Waals surface area contributed by atoms with Gasteiger partial charge in [0, 0.05) is 17.5 Å². The highest BCUT2D eigenvalue weighted by Gasteiger charge is 2.38. The summed E-state index contributed by atoms with van der Waals surface area (Å²) in [7, 11) is 0. The van der Waals surface area contributed by atoms with Crippen LogP contribution in [0.3, 0.4) is 0 Å². The van der Waals surface area contributed by atoms with Gasteiger partial charge in [-0.1, -0.05) is 30.1 Å². The topological polar surface area (TPSA) is 61.4 Å². The molecule has 5 nitrogen and oxygen atoms in total. The van der Waals surface area contributed by atoms with Crippen molar-refractivity contribution in [3.63, 3.8) is 0 Å². The summed E-state index contributed by atoms with van der Waals surface area (Å²) in [5.41, 5.74) is 0.519. The molecule has 2 amide bonds. The van der Waals surface area contributed by atoms with Gasteiger partial charge in [0.05, 0.1) is 10.7 Å². The average Bonchev–Trinajstić information content (AvgIpc) is 2.55. The number of likely N-dealkylation sites (tertiary alicyclic amines) is 1. The monoisotopic (exact) mass is 383 g/mol. The van der Waals surface area contributed by atoms with E-state index in [0.29, 0.717) is 34.6 Å². The third-order valence-corrected chi connectivity index (χ3v) is 5.74. The first-order valence-electron chi connectivity index (χ1n) is 8.74. The zero-order valence-corrected chi connectivity index (χ0v) is 15.7. The molecule has 0 aromatic heterocycles. The third-order valence-electron chi connectivity index (χ3n) is 5.19. The first-order chi connectivity index (χ1) is 12.0. The SMILES string of the molecule is CC(C(=O)N1CCCCC1C(=O)Nc1ccc(Cl)cc1Cl)C1CNC1. The number of nitrogens with one attached hydrogen (secondary N) is 2. The summed E-state index contributed by atoms with van der Waals surface area (Å²) in [4.78, 5) is 27.4. The van der Waals surface area contributed by atoms with Crippen molar-refractivity contribution in [1.82, 2.24) is 10.2 Å². The molecule has 2 aliphatic rings. The van der Waals surface area contributed by atoms with E-state index in [0.717, 1.165) is 25.9 Å². The highest BCUT2D eigenvalue weighted by atomic mass is 35.5. The van der Waals surface area contributed by atoms with Gasteiger partial charge in [-0.3, -0.25) is 9.59 Å². The summed E-state index contributed by atoms with van der Waals surface area (Å²) < 4.78 is 0. The Morgan fingerprint density at radius 2 is 2.04 bits per heavy atom. The van der Waals surface area contributed by atoms with E-state index < -0.39 is 6.04 Å². The number of halogens is 2. The average molecular weight is 384 g/mol. The molecule has 136 valence electrons. The number of anilines is 1. The van der Waals surface area contributed by atoms with E-state index in [9.17, 15) is 9.59 Å². The van der Waals surface area contributed by atoms with Crippen molar-refractivity contribution in [1.29, 1.82) is 0 Å².